The van der Waals surface area contributed by atoms with Gasteiger partial charge in [0.2, 0.25) is 0 Å². The number of methoxy groups -OCH3 is 1. The van der Waals surface area contributed by atoms with Crippen LogP contribution in [0.25, 0.3) is 0 Å². The molecule has 0 radical (unpaired) electrons. The third kappa shape index (κ3) is 3.96. The SMILES string of the molecule is COC(=O)[C@H](C)[C@H]1CC[C@@H](C[C@@H](O)C(C)C)O1. The number of hydrogen-bond acceptors (Lipinski definition) is 4. The molecule has 1 aliphatic rings. The third-order valence-electron chi connectivity index (χ3n) is 3.54. The van der Waals surface area contributed by atoms with Gasteiger partial charge in [0.1, 0.15) is 0 Å². The van der Waals surface area contributed by atoms with Gasteiger partial charge in [-0.05, 0) is 32.1 Å². The van der Waals surface area contributed by atoms with E-state index in [1.807, 2.05) is 20.8 Å². The molecule has 0 aromatic heterocycles. The zero-order valence-electron chi connectivity index (χ0n) is 11.2. The van der Waals surface area contributed by atoms with Crippen LogP contribution in [0.15, 0.2) is 0 Å². The van der Waals surface area contributed by atoms with Crippen molar-refractivity contribution >= 4 is 5.97 Å². The van der Waals surface area contributed by atoms with Gasteiger partial charge in [-0.3, -0.25) is 4.79 Å². The number of aliphatic hydroxyl groups excluding tert-OH is 1. The van der Waals surface area contributed by atoms with Crippen LogP contribution in [-0.2, 0) is 14.3 Å². The van der Waals surface area contributed by atoms with E-state index < -0.39 is 0 Å². The molecule has 1 N–H and O–H groups in total. The van der Waals surface area contributed by atoms with E-state index in [0.29, 0.717) is 6.42 Å². The lowest BCUT2D eigenvalue weighted by molar-refractivity contribution is -0.150. The smallest absolute Gasteiger partial charge is 0.311 e. The molecular formula is C13H24O4. The van der Waals surface area contributed by atoms with Gasteiger partial charge in [-0.2, -0.15) is 0 Å². The predicted octanol–water partition coefficient (Wildman–Crippen LogP) is 1.75. The molecule has 0 saturated carbocycles. The van der Waals surface area contributed by atoms with Crippen LogP contribution >= 0.6 is 0 Å². The Bertz CT molecular complexity index is 252. The van der Waals surface area contributed by atoms with Crippen molar-refractivity contribution in [1.82, 2.24) is 0 Å². The summed E-state index contributed by atoms with van der Waals surface area (Å²) in [6.07, 6.45) is 2.12. The maximum Gasteiger partial charge on any atom is 0.311 e. The number of esters is 1. The maximum atomic E-state index is 11.4. The quantitative estimate of drug-likeness (QED) is 0.749. The first-order valence-electron chi connectivity index (χ1n) is 6.37. The minimum Gasteiger partial charge on any atom is -0.469 e. The van der Waals surface area contributed by atoms with Crippen molar-refractivity contribution in [3.63, 3.8) is 0 Å². The molecule has 1 rings (SSSR count). The summed E-state index contributed by atoms with van der Waals surface area (Å²) in [5, 5.41) is 9.80. The number of hydrogen-bond donors (Lipinski definition) is 1. The van der Waals surface area contributed by atoms with Gasteiger partial charge in [-0.15, -0.1) is 0 Å². The maximum absolute atomic E-state index is 11.4. The molecule has 0 spiro atoms. The Morgan fingerprint density at radius 1 is 1.41 bits per heavy atom. The van der Waals surface area contributed by atoms with Crippen LogP contribution in [-0.4, -0.2) is 36.5 Å². The average Bonchev–Trinajstić information content (AvgIpc) is 2.75. The van der Waals surface area contributed by atoms with Crippen molar-refractivity contribution in [3.05, 3.63) is 0 Å². The largest absolute Gasteiger partial charge is 0.469 e. The number of carbonyl (C=O) groups excluding carboxylic acids is 1. The molecule has 1 aliphatic heterocycles. The Morgan fingerprint density at radius 2 is 2.06 bits per heavy atom. The van der Waals surface area contributed by atoms with Crippen LogP contribution in [0.5, 0.6) is 0 Å². The van der Waals surface area contributed by atoms with E-state index in [1.165, 1.54) is 7.11 Å². The molecule has 0 aliphatic carbocycles. The molecule has 0 unspecified atom stereocenters. The summed E-state index contributed by atoms with van der Waals surface area (Å²) in [6, 6.07) is 0. The van der Waals surface area contributed by atoms with Crippen molar-refractivity contribution in [3.8, 4) is 0 Å². The first kappa shape index (κ1) is 14.5. The second-order valence-electron chi connectivity index (χ2n) is 5.23. The van der Waals surface area contributed by atoms with Gasteiger partial charge in [0.15, 0.2) is 0 Å². The van der Waals surface area contributed by atoms with Crippen molar-refractivity contribution in [2.24, 2.45) is 11.8 Å². The topological polar surface area (TPSA) is 55.8 Å². The Balaban J connectivity index is 2.39. The summed E-state index contributed by atoms with van der Waals surface area (Å²) < 4.78 is 10.5. The molecule has 1 fully saturated rings. The van der Waals surface area contributed by atoms with Gasteiger partial charge < -0.3 is 14.6 Å². The van der Waals surface area contributed by atoms with E-state index in [4.69, 9.17) is 9.47 Å². The van der Waals surface area contributed by atoms with Gasteiger partial charge in [0.25, 0.3) is 0 Å². The summed E-state index contributed by atoms with van der Waals surface area (Å²) in [4.78, 5) is 11.4. The molecule has 4 atom stereocenters. The van der Waals surface area contributed by atoms with Gasteiger partial charge in [0, 0.05) is 0 Å². The highest BCUT2D eigenvalue weighted by Crippen LogP contribution is 2.29. The minimum atomic E-state index is -0.327. The van der Waals surface area contributed by atoms with Crippen molar-refractivity contribution in [2.45, 2.75) is 58.3 Å². The lowest BCUT2D eigenvalue weighted by atomic mass is 9.98. The first-order valence-corrected chi connectivity index (χ1v) is 6.37. The molecule has 1 heterocycles. The molecule has 0 aromatic rings. The molecule has 4 heteroatoms. The predicted molar refractivity (Wildman–Crippen MR) is 64.5 cm³/mol. The van der Waals surface area contributed by atoms with E-state index in [-0.39, 0.29) is 36.1 Å². The highest BCUT2D eigenvalue weighted by Gasteiger charge is 2.34. The molecule has 0 amide bonds. The Labute approximate surface area is 103 Å². The highest BCUT2D eigenvalue weighted by atomic mass is 16.5. The summed E-state index contributed by atoms with van der Waals surface area (Å²) in [5.41, 5.74) is 0. The van der Waals surface area contributed by atoms with Crippen LogP contribution in [0, 0.1) is 11.8 Å². The van der Waals surface area contributed by atoms with Gasteiger partial charge >= 0.3 is 5.97 Å². The molecule has 0 aromatic carbocycles. The Hall–Kier alpha value is -0.610. The van der Waals surface area contributed by atoms with Gasteiger partial charge in [-0.1, -0.05) is 13.8 Å². The number of carbonyl (C=O) groups is 1. The van der Waals surface area contributed by atoms with Crippen molar-refractivity contribution < 1.29 is 19.4 Å². The molecule has 0 bridgehead atoms. The molecule has 100 valence electrons. The fourth-order valence-corrected chi connectivity index (χ4v) is 2.15. The Kier molecular flexibility index (Phi) is 5.40. The van der Waals surface area contributed by atoms with E-state index in [1.54, 1.807) is 0 Å². The standard InChI is InChI=1S/C13H24O4/c1-8(2)11(14)7-10-5-6-12(17-10)9(3)13(15)16-4/h8-12,14H,5-7H2,1-4H3/t9-,10+,11-,12-/m1/s1. The number of ether oxygens (including phenoxy) is 2. The van der Waals surface area contributed by atoms with Crippen LogP contribution in [0.2, 0.25) is 0 Å². The second kappa shape index (κ2) is 6.36. The highest BCUT2D eigenvalue weighted by molar-refractivity contribution is 5.72. The minimum absolute atomic E-state index is 0.0631. The number of aliphatic hydroxyl groups is 1. The van der Waals surface area contributed by atoms with E-state index >= 15 is 0 Å². The van der Waals surface area contributed by atoms with Crippen molar-refractivity contribution in [1.29, 1.82) is 0 Å². The normalized spacial score (nSPS) is 28.1. The van der Waals surface area contributed by atoms with Crippen LogP contribution in [0.4, 0.5) is 0 Å². The van der Waals surface area contributed by atoms with Crippen LogP contribution < -0.4 is 0 Å². The fourth-order valence-electron chi connectivity index (χ4n) is 2.15. The summed E-state index contributed by atoms with van der Waals surface area (Å²) in [5.74, 6) is -0.197. The zero-order chi connectivity index (χ0) is 13.0. The molecule has 1 saturated heterocycles. The summed E-state index contributed by atoms with van der Waals surface area (Å²) >= 11 is 0. The molecular weight excluding hydrogens is 220 g/mol. The zero-order valence-corrected chi connectivity index (χ0v) is 11.2. The van der Waals surface area contributed by atoms with Gasteiger partial charge in [-0.25, -0.2) is 0 Å². The monoisotopic (exact) mass is 244 g/mol. The van der Waals surface area contributed by atoms with Crippen LogP contribution in [0.3, 0.4) is 0 Å². The lowest BCUT2D eigenvalue weighted by Crippen LogP contribution is -2.28. The molecule has 4 nitrogen and oxygen atoms in total. The second-order valence-corrected chi connectivity index (χ2v) is 5.23. The summed E-state index contributed by atoms with van der Waals surface area (Å²) in [6.45, 7) is 5.82. The van der Waals surface area contributed by atoms with Crippen LogP contribution in [0.1, 0.15) is 40.0 Å². The van der Waals surface area contributed by atoms with Crippen molar-refractivity contribution in [2.75, 3.05) is 7.11 Å². The average molecular weight is 244 g/mol. The third-order valence-corrected chi connectivity index (χ3v) is 3.54. The lowest BCUT2D eigenvalue weighted by Gasteiger charge is -2.21. The Morgan fingerprint density at radius 3 is 2.59 bits per heavy atom. The van der Waals surface area contributed by atoms with Gasteiger partial charge in [0.05, 0.1) is 31.3 Å². The first-order chi connectivity index (χ1) is 7.95. The van der Waals surface area contributed by atoms with E-state index in [2.05, 4.69) is 0 Å². The number of rotatable bonds is 5. The fraction of sp³-hybridized carbons (Fsp3) is 0.923. The van der Waals surface area contributed by atoms with E-state index in [0.717, 1.165) is 12.8 Å². The molecule has 17 heavy (non-hydrogen) atoms. The van der Waals surface area contributed by atoms with E-state index in [9.17, 15) is 9.90 Å². The summed E-state index contributed by atoms with van der Waals surface area (Å²) in [7, 11) is 1.40.